The van der Waals surface area contributed by atoms with Gasteiger partial charge in [0, 0.05) is 87.8 Å². The lowest BCUT2D eigenvalue weighted by molar-refractivity contribution is -0.131. The zero-order chi connectivity index (χ0) is 27.2. The first-order valence-corrected chi connectivity index (χ1v) is 13.5. The highest BCUT2D eigenvalue weighted by Crippen LogP contribution is 2.07. The van der Waals surface area contributed by atoms with E-state index in [1.807, 2.05) is 6.92 Å². The van der Waals surface area contributed by atoms with E-state index in [0.717, 1.165) is 0 Å². The number of thiol groups is 1. The van der Waals surface area contributed by atoms with Crippen LogP contribution in [0.5, 0.6) is 0 Å². The van der Waals surface area contributed by atoms with Crippen molar-refractivity contribution in [3.8, 4) is 0 Å². The summed E-state index contributed by atoms with van der Waals surface area (Å²) in [5.74, 6) is 0.715. The summed E-state index contributed by atoms with van der Waals surface area (Å²) in [5, 5.41) is 1.66. The number of aromatic amines is 2. The summed E-state index contributed by atoms with van der Waals surface area (Å²) in [6.07, 6.45) is 5.30. The molecule has 2 amide bonds. The second kappa shape index (κ2) is 15.8. The van der Waals surface area contributed by atoms with Gasteiger partial charge >= 0.3 is 11.4 Å². The Bertz CT molecular complexity index is 1300. The Morgan fingerprint density at radius 2 is 1.49 bits per heavy atom. The summed E-state index contributed by atoms with van der Waals surface area (Å²) in [6, 6.07) is 2.50. The lowest BCUT2D eigenvalue weighted by atomic mass is 10.3. The van der Waals surface area contributed by atoms with Crippen molar-refractivity contribution in [1.82, 2.24) is 28.9 Å². The van der Waals surface area contributed by atoms with Crippen LogP contribution in [0.1, 0.15) is 19.8 Å². The van der Waals surface area contributed by atoms with Crippen LogP contribution in [0.15, 0.2) is 55.2 Å². The van der Waals surface area contributed by atoms with Gasteiger partial charge in [0.2, 0.25) is 11.8 Å². The van der Waals surface area contributed by atoms with Gasteiger partial charge in [0.25, 0.3) is 11.1 Å². The van der Waals surface area contributed by atoms with Crippen LogP contribution in [0.25, 0.3) is 0 Å². The molecule has 0 spiro atoms. The molecule has 0 radical (unpaired) electrons. The number of rotatable bonds is 15. The minimum Gasteiger partial charge on any atom is -0.340 e. The number of amides is 2. The molecule has 2 aromatic rings. The number of thioether (sulfide) groups is 1. The Kier molecular flexibility index (Phi) is 12.8. The summed E-state index contributed by atoms with van der Waals surface area (Å²) in [4.78, 5) is 78.9. The first-order chi connectivity index (χ1) is 17.7. The number of carbonyl (C=O) groups is 2. The average Bonchev–Trinajstić information content (AvgIpc) is 2.85. The van der Waals surface area contributed by atoms with Crippen LogP contribution >= 0.6 is 24.4 Å². The summed E-state index contributed by atoms with van der Waals surface area (Å²) < 4.78 is 2.66. The van der Waals surface area contributed by atoms with E-state index < -0.39 is 22.5 Å². The molecule has 37 heavy (non-hydrogen) atoms. The van der Waals surface area contributed by atoms with Gasteiger partial charge in [-0.25, -0.2) is 9.59 Å². The van der Waals surface area contributed by atoms with Crippen LogP contribution in [-0.2, 0) is 22.7 Å². The maximum Gasteiger partial charge on any atom is 0.328 e. The van der Waals surface area contributed by atoms with Crippen molar-refractivity contribution in [2.45, 2.75) is 32.9 Å². The molecule has 12 nitrogen and oxygen atoms in total. The second-order valence-corrected chi connectivity index (χ2v) is 9.42. The molecule has 202 valence electrons. The lowest BCUT2D eigenvalue weighted by Gasteiger charge is -2.22. The summed E-state index contributed by atoms with van der Waals surface area (Å²) in [6.45, 7) is 3.78. The summed E-state index contributed by atoms with van der Waals surface area (Å²) >= 11 is 5.57. The molecule has 2 rings (SSSR count). The molecule has 14 heteroatoms. The number of hydrogen-bond acceptors (Lipinski definition) is 8. The Hall–Kier alpha value is -3.26. The van der Waals surface area contributed by atoms with Crippen molar-refractivity contribution in [3.05, 3.63) is 77.7 Å². The van der Waals surface area contributed by atoms with E-state index in [-0.39, 0.29) is 31.4 Å². The Morgan fingerprint density at radius 3 is 2.00 bits per heavy atom. The smallest absolute Gasteiger partial charge is 0.328 e. The quantitative estimate of drug-likeness (QED) is 0.156. The number of H-pyrrole nitrogens is 2. The maximum absolute atomic E-state index is 12.6. The van der Waals surface area contributed by atoms with Gasteiger partial charge in [0.1, 0.15) is 0 Å². The van der Waals surface area contributed by atoms with Gasteiger partial charge in [-0.1, -0.05) is 6.92 Å². The lowest BCUT2D eigenvalue weighted by Crippen LogP contribution is -2.38. The van der Waals surface area contributed by atoms with Crippen LogP contribution in [-0.4, -0.2) is 78.4 Å². The molecule has 0 aromatic carbocycles. The van der Waals surface area contributed by atoms with Crippen LogP contribution in [0, 0.1) is 0 Å². The van der Waals surface area contributed by atoms with Crippen molar-refractivity contribution in [2.24, 2.45) is 0 Å². The third-order valence-electron chi connectivity index (χ3n) is 5.30. The molecule has 0 aliphatic heterocycles. The van der Waals surface area contributed by atoms with Crippen molar-refractivity contribution >= 4 is 36.2 Å². The SMILES string of the molecule is CCCC(=O)N(CCS/C=C/C(=O)N(CCS)CCn1ccc(=O)[nH]c1=O)CCn1ccc(=O)[nH]c1=O. The minimum absolute atomic E-state index is 0.0296. The molecular weight excluding hydrogens is 520 g/mol. The van der Waals surface area contributed by atoms with Crippen molar-refractivity contribution < 1.29 is 9.59 Å². The Morgan fingerprint density at radius 1 is 0.919 bits per heavy atom. The highest BCUT2D eigenvalue weighted by molar-refractivity contribution is 8.02. The van der Waals surface area contributed by atoms with Crippen molar-refractivity contribution in [3.63, 3.8) is 0 Å². The second-order valence-electron chi connectivity index (χ2n) is 7.96. The topological polar surface area (TPSA) is 150 Å². The van der Waals surface area contributed by atoms with Gasteiger partial charge in [-0.2, -0.15) is 12.6 Å². The third-order valence-corrected chi connectivity index (χ3v) is 6.25. The molecule has 2 heterocycles. The van der Waals surface area contributed by atoms with Crippen LogP contribution < -0.4 is 22.5 Å². The first-order valence-electron chi connectivity index (χ1n) is 11.8. The molecule has 2 aromatic heterocycles. The standard InChI is InChI=1S/C23H32N6O6S2/c1-2-3-20(32)27(10-12-29-8-5-19(31)25-23(29)35)14-17-37-16-6-21(33)26(13-15-36)9-11-28-7-4-18(30)24-22(28)34/h4-8,16,36H,2-3,9-15,17H2,1H3,(H,24,30,34)(H,25,31,35)/b16-6+. The molecule has 0 aliphatic carbocycles. The molecule has 0 saturated heterocycles. The maximum atomic E-state index is 12.6. The van der Waals surface area contributed by atoms with E-state index in [4.69, 9.17) is 0 Å². The van der Waals surface area contributed by atoms with E-state index >= 15 is 0 Å². The van der Waals surface area contributed by atoms with Crippen LogP contribution in [0.3, 0.4) is 0 Å². The average molecular weight is 553 g/mol. The predicted molar refractivity (Wildman–Crippen MR) is 146 cm³/mol. The largest absolute Gasteiger partial charge is 0.340 e. The predicted octanol–water partition coefficient (Wildman–Crippen LogP) is -0.279. The van der Waals surface area contributed by atoms with Gasteiger partial charge in [0.05, 0.1) is 0 Å². The molecule has 0 aliphatic rings. The highest BCUT2D eigenvalue weighted by atomic mass is 32.2. The number of hydrogen-bond donors (Lipinski definition) is 3. The van der Waals surface area contributed by atoms with E-state index in [0.29, 0.717) is 44.0 Å². The van der Waals surface area contributed by atoms with Crippen LogP contribution in [0.2, 0.25) is 0 Å². The fourth-order valence-electron chi connectivity index (χ4n) is 3.33. The van der Waals surface area contributed by atoms with Gasteiger partial charge < -0.3 is 9.80 Å². The van der Waals surface area contributed by atoms with Gasteiger partial charge in [-0.05, 0) is 11.8 Å². The fraction of sp³-hybridized carbons (Fsp3) is 0.478. The Labute approximate surface area is 222 Å². The number of nitrogens with zero attached hydrogens (tertiary/aromatic N) is 4. The molecule has 0 unspecified atom stereocenters. The first kappa shape index (κ1) is 30.0. The monoisotopic (exact) mass is 552 g/mol. The van der Waals surface area contributed by atoms with Gasteiger partial charge in [-0.15, -0.1) is 11.8 Å². The molecule has 0 bridgehead atoms. The van der Waals surface area contributed by atoms with Crippen molar-refractivity contribution in [2.75, 3.05) is 37.7 Å². The van der Waals surface area contributed by atoms with E-state index in [2.05, 4.69) is 22.6 Å². The molecular formula is C23H32N6O6S2. The zero-order valence-electron chi connectivity index (χ0n) is 20.6. The van der Waals surface area contributed by atoms with Crippen LogP contribution in [0.4, 0.5) is 0 Å². The molecule has 0 saturated carbocycles. The number of nitrogens with one attached hydrogen (secondary N) is 2. The molecule has 2 N–H and O–H groups in total. The van der Waals surface area contributed by atoms with Gasteiger partial charge in [-0.3, -0.25) is 38.3 Å². The summed E-state index contributed by atoms with van der Waals surface area (Å²) in [7, 11) is 0. The number of aromatic nitrogens is 4. The van der Waals surface area contributed by atoms with E-state index in [9.17, 15) is 28.8 Å². The van der Waals surface area contributed by atoms with Crippen molar-refractivity contribution in [1.29, 1.82) is 0 Å². The Balaban J connectivity index is 1.88. The summed E-state index contributed by atoms with van der Waals surface area (Å²) in [5.41, 5.74) is -2.02. The van der Waals surface area contributed by atoms with E-state index in [1.165, 1.54) is 51.5 Å². The fourth-order valence-corrected chi connectivity index (χ4v) is 4.24. The highest BCUT2D eigenvalue weighted by Gasteiger charge is 2.13. The van der Waals surface area contributed by atoms with E-state index in [1.54, 1.807) is 15.2 Å². The normalized spacial score (nSPS) is 11.1. The van der Waals surface area contributed by atoms with Gasteiger partial charge in [0.15, 0.2) is 0 Å². The molecule has 0 atom stereocenters. The molecule has 0 fully saturated rings. The minimum atomic E-state index is -0.538. The third kappa shape index (κ3) is 10.3. The number of carbonyl (C=O) groups excluding carboxylic acids is 2. The zero-order valence-corrected chi connectivity index (χ0v) is 22.3.